The van der Waals surface area contributed by atoms with Gasteiger partial charge < -0.3 is 4.74 Å². The number of halogens is 2. The molecule has 3 heterocycles. The van der Waals surface area contributed by atoms with Crippen LogP contribution in [0.2, 0.25) is 5.02 Å². The molecule has 0 unspecified atom stereocenters. The number of hydrogen-bond donors (Lipinski definition) is 0. The van der Waals surface area contributed by atoms with Gasteiger partial charge in [-0.05, 0) is 38.0 Å². The molecule has 1 aromatic carbocycles. The van der Waals surface area contributed by atoms with Crippen molar-refractivity contribution in [1.82, 2.24) is 19.9 Å². The molecule has 1 saturated heterocycles. The van der Waals surface area contributed by atoms with Crippen LogP contribution in [0.5, 0.6) is 0 Å². The van der Waals surface area contributed by atoms with E-state index < -0.39 is 5.82 Å². The van der Waals surface area contributed by atoms with Crippen molar-refractivity contribution in [3.05, 3.63) is 46.8 Å². The molecule has 1 aliphatic heterocycles. The minimum Gasteiger partial charge on any atom is -0.381 e. The molecule has 3 aromatic rings. The second-order valence-electron chi connectivity index (χ2n) is 6.12. The van der Waals surface area contributed by atoms with Gasteiger partial charge >= 0.3 is 0 Å². The highest BCUT2D eigenvalue weighted by Crippen LogP contribution is 2.31. The molecule has 25 heavy (non-hydrogen) atoms. The second kappa shape index (κ2) is 6.61. The fourth-order valence-corrected chi connectivity index (χ4v) is 3.18. The Bertz CT molecular complexity index is 944. The largest absolute Gasteiger partial charge is 0.381 e. The molecule has 0 aliphatic carbocycles. The third-order valence-corrected chi connectivity index (χ3v) is 4.55. The van der Waals surface area contributed by atoms with Crippen LogP contribution in [0, 0.1) is 12.7 Å². The van der Waals surface area contributed by atoms with E-state index in [1.165, 1.54) is 6.07 Å². The van der Waals surface area contributed by atoms with E-state index in [4.69, 9.17) is 16.3 Å². The van der Waals surface area contributed by atoms with Crippen LogP contribution in [0.4, 0.5) is 4.39 Å². The molecule has 2 aromatic heterocycles. The lowest BCUT2D eigenvalue weighted by Gasteiger charge is -2.21. The number of fused-ring (bicyclic) bond motifs is 1. The van der Waals surface area contributed by atoms with E-state index in [1.54, 1.807) is 18.3 Å². The van der Waals surface area contributed by atoms with Gasteiger partial charge in [-0.25, -0.2) is 24.3 Å². The maximum atomic E-state index is 14.5. The summed E-state index contributed by atoms with van der Waals surface area (Å²) in [5.41, 5.74) is 2.53. The van der Waals surface area contributed by atoms with Gasteiger partial charge in [0.1, 0.15) is 22.9 Å². The molecule has 4 rings (SSSR count). The maximum absolute atomic E-state index is 14.5. The fourth-order valence-electron chi connectivity index (χ4n) is 3.02. The third kappa shape index (κ3) is 3.19. The highest BCUT2D eigenvalue weighted by Gasteiger charge is 2.23. The molecule has 0 N–H and O–H groups in total. The van der Waals surface area contributed by atoms with Crippen LogP contribution in [-0.2, 0) is 4.74 Å². The third-order valence-electron chi connectivity index (χ3n) is 4.32. The lowest BCUT2D eigenvalue weighted by atomic mass is 9.99. The maximum Gasteiger partial charge on any atom is 0.182 e. The highest BCUT2D eigenvalue weighted by molar-refractivity contribution is 6.30. The Morgan fingerprint density at radius 1 is 1.16 bits per heavy atom. The van der Waals surface area contributed by atoms with E-state index in [1.807, 2.05) is 6.92 Å². The molecule has 0 bridgehead atoms. The molecule has 128 valence electrons. The van der Waals surface area contributed by atoms with Crippen LogP contribution in [0.25, 0.3) is 22.4 Å². The summed E-state index contributed by atoms with van der Waals surface area (Å²) >= 11 is 5.88. The summed E-state index contributed by atoms with van der Waals surface area (Å²) in [6.45, 7) is 3.21. The molecule has 0 amide bonds. The molecular weight excluding hydrogens is 343 g/mol. The number of aryl methyl sites for hydroxylation is 1. The second-order valence-corrected chi connectivity index (χ2v) is 6.56. The van der Waals surface area contributed by atoms with Gasteiger partial charge in [0, 0.05) is 35.9 Å². The quantitative estimate of drug-likeness (QED) is 0.690. The van der Waals surface area contributed by atoms with Gasteiger partial charge in [0.05, 0.1) is 5.69 Å². The molecular formula is C18H16ClFN4O. The van der Waals surface area contributed by atoms with Crippen LogP contribution in [0.3, 0.4) is 0 Å². The molecule has 0 spiro atoms. The Kier molecular flexibility index (Phi) is 4.31. The number of benzene rings is 1. The average Bonchev–Trinajstić information content (AvgIpc) is 2.61. The van der Waals surface area contributed by atoms with E-state index in [-0.39, 0.29) is 5.92 Å². The first kappa shape index (κ1) is 16.3. The zero-order valence-electron chi connectivity index (χ0n) is 13.7. The van der Waals surface area contributed by atoms with Crippen LogP contribution >= 0.6 is 11.6 Å². The van der Waals surface area contributed by atoms with Crippen molar-refractivity contribution >= 4 is 22.8 Å². The molecule has 1 aliphatic rings. The molecule has 1 fully saturated rings. The molecule has 7 heteroatoms. The average molecular weight is 359 g/mol. The van der Waals surface area contributed by atoms with Gasteiger partial charge in [-0.2, -0.15) is 0 Å². The first-order chi connectivity index (χ1) is 12.1. The first-order valence-electron chi connectivity index (χ1n) is 8.16. The fraction of sp³-hybridized carbons (Fsp3) is 0.333. The Hall–Kier alpha value is -2.18. The van der Waals surface area contributed by atoms with Crippen molar-refractivity contribution < 1.29 is 9.13 Å². The lowest BCUT2D eigenvalue weighted by molar-refractivity contribution is 0.0836. The Labute approximate surface area is 149 Å². The van der Waals surface area contributed by atoms with Crippen molar-refractivity contribution in [2.24, 2.45) is 0 Å². The van der Waals surface area contributed by atoms with Crippen molar-refractivity contribution in [1.29, 1.82) is 0 Å². The summed E-state index contributed by atoms with van der Waals surface area (Å²) in [6, 6.07) is 4.54. The predicted octanol–water partition coefficient (Wildman–Crippen LogP) is 4.08. The Morgan fingerprint density at radius 2 is 1.96 bits per heavy atom. The van der Waals surface area contributed by atoms with Crippen LogP contribution in [0.15, 0.2) is 24.4 Å². The van der Waals surface area contributed by atoms with Gasteiger partial charge in [0.15, 0.2) is 5.65 Å². The van der Waals surface area contributed by atoms with Crippen molar-refractivity contribution in [2.45, 2.75) is 25.7 Å². The minimum absolute atomic E-state index is 0.176. The lowest BCUT2D eigenvalue weighted by Crippen LogP contribution is -2.17. The van der Waals surface area contributed by atoms with Gasteiger partial charge in [0.25, 0.3) is 0 Å². The zero-order valence-corrected chi connectivity index (χ0v) is 14.4. The highest BCUT2D eigenvalue weighted by atomic mass is 35.5. The molecule has 0 radical (unpaired) electrons. The molecule has 0 atom stereocenters. The van der Waals surface area contributed by atoms with Crippen molar-refractivity contribution in [3.63, 3.8) is 0 Å². The van der Waals surface area contributed by atoms with E-state index in [0.29, 0.717) is 46.5 Å². The number of aromatic nitrogens is 4. The van der Waals surface area contributed by atoms with Crippen LogP contribution in [0.1, 0.15) is 30.3 Å². The Balaban J connectivity index is 1.94. The van der Waals surface area contributed by atoms with E-state index >= 15 is 0 Å². The monoisotopic (exact) mass is 358 g/mol. The van der Waals surface area contributed by atoms with Gasteiger partial charge in [-0.15, -0.1) is 0 Å². The number of nitrogens with zero attached hydrogens (tertiary/aromatic N) is 4. The standard InChI is InChI=1S/C18H16ClFN4O/c1-10-9-21-16-15(13-3-2-12(19)8-14(13)20)23-17(24-18(16)22-10)11-4-6-25-7-5-11/h2-3,8-9,11H,4-7H2,1H3. The topological polar surface area (TPSA) is 60.8 Å². The summed E-state index contributed by atoms with van der Waals surface area (Å²) in [4.78, 5) is 18.1. The van der Waals surface area contributed by atoms with E-state index in [2.05, 4.69) is 19.9 Å². The summed E-state index contributed by atoms with van der Waals surface area (Å²) in [6.07, 6.45) is 3.32. The van der Waals surface area contributed by atoms with Crippen LogP contribution < -0.4 is 0 Å². The SMILES string of the molecule is Cc1cnc2c(-c3ccc(Cl)cc3F)nc(C3CCOCC3)nc2n1. The number of rotatable bonds is 2. The summed E-state index contributed by atoms with van der Waals surface area (Å²) < 4.78 is 19.9. The Morgan fingerprint density at radius 3 is 2.72 bits per heavy atom. The summed E-state index contributed by atoms with van der Waals surface area (Å²) in [5.74, 6) is 0.405. The number of ether oxygens (including phenoxy) is 1. The summed E-state index contributed by atoms with van der Waals surface area (Å²) in [5, 5.41) is 0.339. The number of hydrogen-bond acceptors (Lipinski definition) is 5. The zero-order chi connectivity index (χ0) is 17.4. The van der Waals surface area contributed by atoms with Crippen molar-refractivity contribution in [3.8, 4) is 11.3 Å². The van der Waals surface area contributed by atoms with Gasteiger partial charge in [0.2, 0.25) is 0 Å². The summed E-state index contributed by atoms with van der Waals surface area (Å²) in [7, 11) is 0. The smallest absolute Gasteiger partial charge is 0.182 e. The molecule has 5 nitrogen and oxygen atoms in total. The van der Waals surface area contributed by atoms with E-state index in [9.17, 15) is 4.39 Å². The van der Waals surface area contributed by atoms with Crippen LogP contribution in [-0.4, -0.2) is 33.1 Å². The minimum atomic E-state index is -0.437. The first-order valence-corrected chi connectivity index (χ1v) is 8.54. The normalized spacial score (nSPS) is 15.6. The van der Waals surface area contributed by atoms with E-state index in [0.717, 1.165) is 18.5 Å². The van der Waals surface area contributed by atoms with Gasteiger partial charge in [-0.1, -0.05) is 11.6 Å². The van der Waals surface area contributed by atoms with Crippen molar-refractivity contribution in [2.75, 3.05) is 13.2 Å². The van der Waals surface area contributed by atoms with Gasteiger partial charge in [-0.3, -0.25) is 0 Å². The predicted molar refractivity (Wildman–Crippen MR) is 93.1 cm³/mol. The molecule has 0 saturated carbocycles.